The number of alkyl halides is 2. The maximum atomic E-state index is 12.5. The lowest BCUT2D eigenvalue weighted by Crippen LogP contribution is -2.24. The van der Waals surface area contributed by atoms with Gasteiger partial charge in [0.1, 0.15) is 5.75 Å². The Morgan fingerprint density at radius 3 is 2.00 bits per heavy atom. The molecule has 0 bridgehead atoms. The van der Waals surface area contributed by atoms with E-state index >= 15 is 0 Å². The van der Waals surface area contributed by atoms with Gasteiger partial charge >= 0.3 is 11.7 Å². The summed E-state index contributed by atoms with van der Waals surface area (Å²) >= 11 is 0. The zero-order valence-corrected chi connectivity index (χ0v) is 15.9. The second-order valence-corrected chi connectivity index (χ2v) is 7.62. The number of benzene rings is 2. The van der Waals surface area contributed by atoms with E-state index in [0.29, 0.717) is 17.9 Å². The Hall–Kier alpha value is -2.81. The summed E-state index contributed by atoms with van der Waals surface area (Å²) in [5.41, 5.74) is 0.252. The number of sulfone groups is 1. The van der Waals surface area contributed by atoms with E-state index in [1.54, 1.807) is 24.3 Å². The van der Waals surface area contributed by atoms with Gasteiger partial charge in [0.15, 0.2) is 6.10 Å². The van der Waals surface area contributed by atoms with Crippen LogP contribution in [0.3, 0.4) is 0 Å². The fourth-order valence-corrected chi connectivity index (χ4v) is 3.00. The first kappa shape index (κ1) is 21.5. The molecule has 0 aliphatic heterocycles. The Balaban J connectivity index is 2.06. The molecule has 0 unspecified atom stereocenters. The summed E-state index contributed by atoms with van der Waals surface area (Å²) in [5, 5.41) is 0. The minimum Gasteiger partial charge on any atom is -0.494 e. The summed E-state index contributed by atoms with van der Waals surface area (Å²) in [6.07, 6.45) is -1.10. The molecule has 0 saturated carbocycles. The number of halogens is 2. The van der Waals surface area contributed by atoms with Gasteiger partial charge in [-0.15, -0.1) is 0 Å². The first-order valence-corrected chi connectivity index (χ1v) is 9.81. The van der Waals surface area contributed by atoms with Crippen LogP contribution >= 0.6 is 0 Å². The van der Waals surface area contributed by atoms with E-state index in [9.17, 15) is 26.8 Å². The van der Waals surface area contributed by atoms with E-state index < -0.39 is 38.3 Å². The molecule has 0 spiro atoms. The van der Waals surface area contributed by atoms with Crippen molar-refractivity contribution in [2.45, 2.75) is 30.6 Å². The van der Waals surface area contributed by atoms with Gasteiger partial charge in [0.25, 0.3) is 0 Å². The standard InChI is InChI=1S/C19H18F2O6S/c1-3-26-15-8-4-13(5-9-15)17(22)12(2)27-18(23)14-6-10-16(11-7-14)28(24,25)19(20)21/h4-12,19H,3H2,1-2H3/t12-/m0/s1. The average molecular weight is 412 g/mol. The van der Waals surface area contributed by atoms with Crippen LogP contribution in [0.2, 0.25) is 0 Å². The summed E-state index contributed by atoms with van der Waals surface area (Å²) < 4.78 is 58.2. The number of esters is 1. The second-order valence-electron chi connectivity index (χ2n) is 5.70. The fraction of sp³-hybridized carbons (Fsp3) is 0.263. The minimum atomic E-state index is -4.75. The molecule has 0 heterocycles. The van der Waals surface area contributed by atoms with Crippen LogP contribution in [-0.2, 0) is 14.6 Å². The zero-order chi connectivity index (χ0) is 20.9. The Morgan fingerprint density at radius 2 is 1.50 bits per heavy atom. The molecule has 150 valence electrons. The molecule has 9 heteroatoms. The van der Waals surface area contributed by atoms with Gasteiger partial charge in [-0.05, 0) is 62.4 Å². The molecule has 0 aromatic heterocycles. The number of ketones is 1. The zero-order valence-electron chi connectivity index (χ0n) is 15.1. The van der Waals surface area contributed by atoms with Crippen LogP contribution in [0.1, 0.15) is 34.6 Å². The predicted molar refractivity (Wildman–Crippen MR) is 96.5 cm³/mol. The highest BCUT2D eigenvalue weighted by molar-refractivity contribution is 7.91. The van der Waals surface area contributed by atoms with Crippen LogP contribution in [-0.4, -0.2) is 38.6 Å². The molecular formula is C19H18F2O6S. The van der Waals surface area contributed by atoms with Crippen LogP contribution < -0.4 is 4.74 Å². The maximum absolute atomic E-state index is 12.5. The van der Waals surface area contributed by atoms with Crippen molar-refractivity contribution in [1.82, 2.24) is 0 Å². The molecule has 2 aromatic carbocycles. The molecule has 28 heavy (non-hydrogen) atoms. The summed E-state index contributed by atoms with van der Waals surface area (Å²) in [6, 6.07) is 10.2. The van der Waals surface area contributed by atoms with Crippen LogP contribution in [0.4, 0.5) is 8.78 Å². The van der Waals surface area contributed by atoms with Gasteiger partial charge in [-0.25, -0.2) is 13.2 Å². The van der Waals surface area contributed by atoms with Gasteiger partial charge in [-0.1, -0.05) is 0 Å². The van der Waals surface area contributed by atoms with E-state index in [0.717, 1.165) is 24.3 Å². The summed E-state index contributed by atoms with van der Waals surface area (Å²) in [6.45, 7) is 3.71. The van der Waals surface area contributed by atoms with Gasteiger partial charge in [0.2, 0.25) is 15.6 Å². The molecular weight excluding hydrogens is 394 g/mol. The normalized spacial score (nSPS) is 12.5. The van der Waals surface area contributed by atoms with Crippen LogP contribution in [0, 0.1) is 0 Å². The van der Waals surface area contributed by atoms with Crippen molar-refractivity contribution in [3.05, 3.63) is 59.7 Å². The van der Waals surface area contributed by atoms with Crippen molar-refractivity contribution in [2.24, 2.45) is 0 Å². The summed E-state index contributed by atoms with van der Waals surface area (Å²) in [4.78, 5) is 23.9. The number of carbonyl (C=O) groups is 2. The molecule has 2 aromatic rings. The fourth-order valence-electron chi connectivity index (χ4n) is 2.28. The van der Waals surface area contributed by atoms with Crippen molar-refractivity contribution in [1.29, 1.82) is 0 Å². The molecule has 2 rings (SSSR count). The second kappa shape index (κ2) is 8.92. The van der Waals surface area contributed by atoms with Crippen LogP contribution in [0.15, 0.2) is 53.4 Å². The topological polar surface area (TPSA) is 86.7 Å². The third-order valence-corrected chi connectivity index (χ3v) is 5.15. The van der Waals surface area contributed by atoms with Crippen molar-refractivity contribution in [3.63, 3.8) is 0 Å². The highest BCUT2D eigenvalue weighted by Crippen LogP contribution is 2.20. The Bertz CT molecular complexity index is 937. The largest absolute Gasteiger partial charge is 0.494 e. The van der Waals surface area contributed by atoms with E-state index in [1.807, 2.05) is 6.92 Å². The lowest BCUT2D eigenvalue weighted by atomic mass is 10.1. The SMILES string of the molecule is CCOc1ccc(C(=O)[C@H](C)OC(=O)c2ccc(S(=O)(=O)C(F)F)cc2)cc1. The molecule has 0 radical (unpaired) electrons. The number of carbonyl (C=O) groups excluding carboxylic acids is 2. The van der Waals surface area contributed by atoms with Crippen molar-refractivity contribution >= 4 is 21.6 Å². The maximum Gasteiger partial charge on any atom is 0.341 e. The van der Waals surface area contributed by atoms with Crippen LogP contribution in [0.25, 0.3) is 0 Å². The quantitative estimate of drug-likeness (QED) is 0.487. The van der Waals surface area contributed by atoms with Gasteiger partial charge in [-0.3, -0.25) is 4.79 Å². The average Bonchev–Trinajstić information content (AvgIpc) is 2.68. The summed E-state index contributed by atoms with van der Waals surface area (Å²) in [7, 11) is -4.75. The van der Waals surface area contributed by atoms with Crippen molar-refractivity contribution < 1.29 is 36.3 Å². The predicted octanol–water partition coefficient (Wildman–Crippen LogP) is 3.51. The number of rotatable bonds is 8. The van der Waals surface area contributed by atoms with Crippen LogP contribution in [0.5, 0.6) is 5.75 Å². The van der Waals surface area contributed by atoms with Gasteiger partial charge in [0.05, 0.1) is 17.1 Å². The monoisotopic (exact) mass is 412 g/mol. The van der Waals surface area contributed by atoms with Gasteiger partial charge < -0.3 is 9.47 Å². The number of hydrogen-bond donors (Lipinski definition) is 0. The van der Waals surface area contributed by atoms with Crippen molar-refractivity contribution in [3.8, 4) is 5.75 Å². The molecule has 0 saturated heterocycles. The van der Waals surface area contributed by atoms with Crippen molar-refractivity contribution in [2.75, 3.05) is 6.61 Å². The molecule has 0 fully saturated rings. The number of ether oxygens (including phenoxy) is 2. The Morgan fingerprint density at radius 1 is 0.964 bits per heavy atom. The minimum absolute atomic E-state index is 0.0699. The number of Topliss-reactive ketones (excluding diaryl/α,β-unsaturated/α-hetero) is 1. The highest BCUT2D eigenvalue weighted by Gasteiger charge is 2.27. The van der Waals surface area contributed by atoms with E-state index in [1.165, 1.54) is 6.92 Å². The highest BCUT2D eigenvalue weighted by atomic mass is 32.2. The van der Waals surface area contributed by atoms with E-state index in [-0.39, 0.29) is 5.56 Å². The third-order valence-electron chi connectivity index (χ3n) is 3.76. The van der Waals surface area contributed by atoms with Gasteiger partial charge in [-0.2, -0.15) is 8.78 Å². The smallest absolute Gasteiger partial charge is 0.341 e. The Kier molecular flexibility index (Phi) is 6.85. The molecule has 1 atom stereocenters. The van der Waals surface area contributed by atoms with E-state index in [4.69, 9.17) is 9.47 Å². The lowest BCUT2D eigenvalue weighted by Gasteiger charge is -2.13. The molecule has 0 N–H and O–H groups in total. The van der Waals surface area contributed by atoms with E-state index in [2.05, 4.69) is 0 Å². The molecule has 0 aliphatic rings. The number of hydrogen-bond acceptors (Lipinski definition) is 6. The first-order valence-electron chi connectivity index (χ1n) is 8.27. The van der Waals surface area contributed by atoms with Gasteiger partial charge in [0, 0.05) is 5.56 Å². The first-order chi connectivity index (χ1) is 13.2. The molecule has 6 nitrogen and oxygen atoms in total. The molecule has 0 amide bonds. The molecule has 0 aliphatic carbocycles. The summed E-state index contributed by atoms with van der Waals surface area (Å²) in [5.74, 6) is -4.28. The third kappa shape index (κ3) is 4.92. The lowest BCUT2D eigenvalue weighted by molar-refractivity contribution is 0.0318. The Labute approximate surface area is 161 Å².